The van der Waals surface area contributed by atoms with Gasteiger partial charge in [-0.3, -0.25) is 0 Å². The van der Waals surface area contributed by atoms with E-state index < -0.39 is 12.0 Å². The van der Waals surface area contributed by atoms with Gasteiger partial charge in [-0.2, -0.15) is 0 Å². The topological polar surface area (TPSA) is 85.9 Å². The van der Waals surface area contributed by atoms with E-state index in [1.54, 1.807) is 32.2 Å². The van der Waals surface area contributed by atoms with Gasteiger partial charge in [0.15, 0.2) is 11.5 Å². The molecule has 164 valence electrons. The number of ether oxygens (including phenoxy) is 3. The van der Waals surface area contributed by atoms with Crippen LogP contribution in [-0.4, -0.2) is 25.7 Å². The summed E-state index contributed by atoms with van der Waals surface area (Å²) in [5, 5.41) is 5.47. The second-order valence-corrected chi connectivity index (χ2v) is 7.75. The number of rotatable bonds is 8. The third kappa shape index (κ3) is 5.57. The second-order valence-electron chi connectivity index (χ2n) is 7.75. The predicted octanol–water partition coefficient (Wildman–Crippen LogP) is 4.10. The van der Waals surface area contributed by atoms with E-state index in [0.717, 1.165) is 5.56 Å². The lowest BCUT2D eigenvalue weighted by Crippen LogP contribution is -2.45. The number of allylic oxidation sites excluding steroid dienone is 1. The van der Waals surface area contributed by atoms with Gasteiger partial charge in [0.25, 0.3) is 0 Å². The zero-order valence-corrected chi connectivity index (χ0v) is 18.2. The fourth-order valence-electron chi connectivity index (χ4n) is 3.26. The summed E-state index contributed by atoms with van der Waals surface area (Å²) in [5.41, 5.74) is 2.53. The minimum Gasteiger partial charge on any atom is -0.493 e. The van der Waals surface area contributed by atoms with Gasteiger partial charge >= 0.3 is 12.0 Å². The maximum absolute atomic E-state index is 12.8. The first-order valence-corrected chi connectivity index (χ1v) is 10.2. The van der Waals surface area contributed by atoms with Crippen molar-refractivity contribution >= 4 is 12.0 Å². The molecule has 31 heavy (non-hydrogen) atoms. The summed E-state index contributed by atoms with van der Waals surface area (Å²) < 4.78 is 16.9. The van der Waals surface area contributed by atoms with Gasteiger partial charge in [-0.15, -0.1) is 0 Å². The number of nitrogens with one attached hydrogen (secondary N) is 2. The molecule has 0 saturated heterocycles. The SMILES string of the molecule is COc1ccc(C2NC(=O)NC(C)=C2C(=O)OCC(C)C)cc1OCc1ccccc1. The first kappa shape index (κ1) is 22.2. The van der Waals surface area contributed by atoms with E-state index in [1.165, 1.54) is 0 Å². The zero-order valence-electron chi connectivity index (χ0n) is 18.2. The first-order chi connectivity index (χ1) is 14.9. The van der Waals surface area contributed by atoms with Crippen LogP contribution >= 0.6 is 0 Å². The average molecular weight is 424 g/mol. The van der Waals surface area contributed by atoms with E-state index in [4.69, 9.17) is 14.2 Å². The maximum atomic E-state index is 12.8. The minimum absolute atomic E-state index is 0.202. The van der Waals surface area contributed by atoms with Crippen LogP contribution in [0.5, 0.6) is 11.5 Å². The standard InChI is InChI=1S/C24H28N2O5/c1-15(2)13-31-23(27)21-16(3)25-24(28)26-22(21)18-10-11-19(29-4)20(12-18)30-14-17-8-6-5-7-9-17/h5-12,15,22H,13-14H2,1-4H3,(H2,25,26,28). The van der Waals surface area contributed by atoms with Crippen molar-refractivity contribution in [1.82, 2.24) is 10.6 Å². The Labute approximate surface area is 182 Å². The molecule has 0 aliphatic carbocycles. The Kier molecular flexibility index (Phi) is 7.18. The molecule has 1 aliphatic rings. The van der Waals surface area contributed by atoms with Crippen molar-refractivity contribution in [2.75, 3.05) is 13.7 Å². The van der Waals surface area contributed by atoms with E-state index in [9.17, 15) is 9.59 Å². The second kappa shape index (κ2) is 10.0. The van der Waals surface area contributed by atoms with Gasteiger partial charge in [-0.1, -0.05) is 50.2 Å². The number of hydrogen-bond acceptors (Lipinski definition) is 5. The molecule has 0 radical (unpaired) electrons. The molecule has 2 amide bonds. The Bertz CT molecular complexity index is 969. The fraction of sp³-hybridized carbons (Fsp3) is 0.333. The van der Waals surface area contributed by atoms with Crippen LogP contribution in [0.3, 0.4) is 0 Å². The first-order valence-electron chi connectivity index (χ1n) is 10.2. The number of esters is 1. The fourth-order valence-corrected chi connectivity index (χ4v) is 3.26. The molecule has 1 atom stereocenters. The third-order valence-electron chi connectivity index (χ3n) is 4.79. The summed E-state index contributed by atoms with van der Waals surface area (Å²) in [5.74, 6) is 0.813. The molecular formula is C24H28N2O5. The Morgan fingerprint density at radius 2 is 1.84 bits per heavy atom. The lowest BCUT2D eigenvalue weighted by Gasteiger charge is -2.28. The van der Waals surface area contributed by atoms with Crippen molar-refractivity contribution < 1.29 is 23.8 Å². The Hall–Kier alpha value is -3.48. The summed E-state index contributed by atoms with van der Waals surface area (Å²) >= 11 is 0. The van der Waals surface area contributed by atoms with Crippen molar-refractivity contribution in [2.45, 2.75) is 33.4 Å². The monoisotopic (exact) mass is 424 g/mol. The van der Waals surface area contributed by atoms with Crippen LogP contribution in [0, 0.1) is 5.92 Å². The van der Waals surface area contributed by atoms with Crippen LogP contribution in [-0.2, 0) is 16.1 Å². The van der Waals surface area contributed by atoms with Crippen molar-refractivity contribution in [3.8, 4) is 11.5 Å². The maximum Gasteiger partial charge on any atom is 0.338 e. The lowest BCUT2D eigenvalue weighted by molar-refractivity contribution is -0.140. The zero-order chi connectivity index (χ0) is 22.4. The number of methoxy groups -OCH3 is 1. The Morgan fingerprint density at radius 1 is 1.10 bits per heavy atom. The Balaban J connectivity index is 1.90. The van der Waals surface area contributed by atoms with Crippen LogP contribution in [0.4, 0.5) is 4.79 Å². The van der Waals surface area contributed by atoms with Gasteiger partial charge in [0.2, 0.25) is 0 Å². The molecule has 0 spiro atoms. The number of hydrogen-bond donors (Lipinski definition) is 2. The molecule has 7 nitrogen and oxygen atoms in total. The van der Waals surface area contributed by atoms with Gasteiger partial charge in [0, 0.05) is 5.70 Å². The number of carbonyl (C=O) groups is 2. The molecule has 2 N–H and O–H groups in total. The molecule has 0 bridgehead atoms. The van der Waals surface area contributed by atoms with E-state index in [0.29, 0.717) is 41.5 Å². The van der Waals surface area contributed by atoms with Gasteiger partial charge in [-0.25, -0.2) is 9.59 Å². The minimum atomic E-state index is -0.668. The number of benzene rings is 2. The van der Waals surface area contributed by atoms with Crippen LogP contribution in [0.25, 0.3) is 0 Å². The summed E-state index contributed by atoms with van der Waals surface area (Å²) in [4.78, 5) is 24.9. The summed E-state index contributed by atoms with van der Waals surface area (Å²) in [6.45, 7) is 6.27. The quantitative estimate of drug-likeness (QED) is 0.623. The van der Waals surface area contributed by atoms with Crippen molar-refractivity contribution in [1.29, 1.82) is 0 Å². The molecule has 7 heteroatoms. The predicted molar refractivity (Wildman–Crippen MR) is 117 cm³/mol. The molecule has 2 aromatic carbocycles. The Morgan fingerprint density at radius 3 is 2.52 bits per heavy atom. The van der Waals surface area contributed by atoms with Crippen molar-refractivity contribution in [3.05, 3.63) is 70.9 Å². The largest absolute Gasteiger partial charge is 0.493 e. The summed E-state index contributed by atoms with van der Waals surface area (Å²) in [7, 11) is 1.56. The van der Waals surface area contributed by atoms with Crippen LogP contribution < -0.4 is 20.1 Å². The van der Waals surface area contributed by atoms with Crippen LogP contribution in [0.1, 0.15) is 37.9 Å². The number of amides is 2. The molecule has 3 rings (SSSR count). The van der Waals surface area contributed by atoms with Gasteiger partial charge in [-0.05, 0) is 36.1 Å². The van der Waals surface area contributed by atoms with Gasteiger partial charge in [0.05, 0.1) is 25.3 Å². The lowest BCUT2D eigenvalue weighted by atomic mass is 9.95. The number of urea groups is 1. The molecule has 2 aromatic rings. The smallest absolute Gasteiger partial charge is 0.338 e. The highest BCUT2D eigenvalue weighted by atomic mass is 16.5. The highest BCUT2D eigenvalue weighted by Gasteiger charge is 2.32. The molecule has 0 aromatic heterocycles. The molecule has 1 unspecified atom stereocenters. The van der Waals surface area contributed by atoms with Crippen LogP contribution in [0.2, 0.25) is 0 Å². The third-order valence-corrected chi connectivity index (χ3v) is 4.79. The summed E-state index contributed by atoms with van der Waals surface area (Å²) in [6, 6.07) is 14.1. The molecule has 1 heterocycles. The van der Waals surface area contributed by atoms with E-state index in [2.05, 4.69) is 10.6 Å². The van der Waals surface area contributed by atoms with E-state index in [1.807, 2.05) is 44.2 Å². The average Bonchev–Trinajstić information content (AvgIpc) is 2.76. The van der Waals surface area contributed by atoms with Gasteiger partial charge in [0.1, 0.15) is 6.61 Å². The van der Waals surface area contributed by atoms with Crippen molar-refractivity contribution in [3.63, 3.8) is 0 Å². The summed E-state index contributed by atoms with van der Waals surface area (Å²) in [6.07, 6.45) is 0. The number of carbonyl (C=O) groups excluding carboxylic acids is 2. The van der Waals surface area contributed by atoms with Gasteiger partial charge < -0.3 is 24.8 Å². The van der Waals surface area contributed by atoms with E-state index >= 15 is 0 Å². The van der Waals surface area contributed by atoms with Crippen LogP contribution in [0.15, 0.2) is 59.8 Å². The molecule has 1 aliphatic heterocycles. The molecular weight excluding hydrogens is 396 g/mol. The van der Waals surface area contributed by atoms with E-state index in [-0.39, 0.29) is 11.9 Å². The highest BCUT2D eigenvalue weighted by Crippen LogP contribution is 2.35. The normalized spacial score (nSPS) is 15.9. The molecule has 0 fully saturated rings. The molecule has 0 saturated carbocycles. The highest BCUT2D eigenvalue weighted by molar-refractivity contribution is 5.95. The van der Waals surface area contributed by atoms with Crippen molar-refractivity contribution in [2.24, 2.45) is 5.92 Å².